The molecule has 0 fully saturated rings. The van der Waals surface area contributed by atoms with Crippen LogP contribution in [0, 0.1) is 4.77 Å². The Kier molecular flexibility index (Phi) is 2.67. The van der Waals surface area contributed by atoms with Gasteiger partial charge in [-0.25, -0.2) is 0 Å². The molecule has 0 radical (unpaired) electrons. The van der Waals surface area contributed by atoms with Crippen LogP contribution in [0.5, 0.6) is 0 Å². The first-order chi connectivity index (χ1) is 8.22. The van der Waals surface area contributed by atoms with Crippen LogP contribution in [0.2, 0.25) is 0 Å². The van der Waals surface area contributed by atoms with Crippen LogP contribution in [-0.4, -0.2) is 9.55 Å². The van der Waals surface area contributed by atoms with Crippen molar-refractivity contribution in [2.24, 2.45) is 0 Å². The summed E-state index contributed by atoms with van der Waals surface area (Å²) in [5.41, 5.74) is 2.41. The average Bonchev–Trinajstić information content (AvgIpc) is 2.69. The van der Waals surface area contributed by atoms with E-state index in [9.17, 15) is 4.79 Å². The molecule has 0 spiro atoms. The van der Waals surface area contributed by atoms with Crippen molar-refractivity contribution in [3.05, 3.63) is 25.6 Å². The van der Waals surface area contributed by atoms with Crippen LogP contribution in [0.3, 0.4) is 0 Å². The molecule has 1 aliphatic rings. The molecule has 90 valence electrons. The van der Waals surface area contributed by atoms with E-state index in [-0.39, 0.29) is 5.56 Å². The van der Waals surface area contributed by atoms with E-state index >= 15 is 0 Å². The fourth-order valence-corrected chi connectivity index (χ4v) is 4.13. The van der Waals surface area contributed by atoms with Crippen molar-refractivity contribution in [1.82, 2.24) is 9.55 Å². The molecule has 0 aliphatic heterocycles. The Hall–Kier alpha value is -0.940. The second-order valence-corrected chi connectivity index (χ2v) is 5.89. The van der Waals surface area contributed by atoms with Crippen molar-refractivity contribution < 1.29 is 0 Å². The standard InChI is InChI=1S/C12H14N2OS2/c1-2-14-11(15)10-9(13-12(14)16)7-5-3-4-6-8(7)17-10/h2-6H2,1H3,(H,13,16). The zero-order valence-electron chi connectivity index (χ0n) is 9.71. The molecule has 3 nitrogen and oxygen atoms in total. The lowest BCUT2D eigenvalue weighted by Gasteiger charge is -2.10. The summed E-state index contributed by atoms with van der Waals surface area (Å²) in [6.45, 7) is 2.58. The summed E-state index contributed by atoms with van der Waals surface area (Å²) in [4.78, 5) is 16.9. The minimum absolute atomic E-state index is 0.0747. The summed E-state index contributed by atoms with van der Waals surface area (Å²) in [7, 11) is 0. The third kappa shape index (κ3) is 1.60. The summed E-state index contributed by atoms with van der Waals surface area (Å²) < 4.78 is 3.04. The van der Waals surface area contributed by atoms with Crippen LogP contribution < -0.4 is 5.56 Å². The van der Waals surface area contributed by atoms with Gasteiger partial charge in [-0.3, -0.25) is 9.36 Å². The van der Waals surface area contributed by atoms with Gasteiger partial charge in [0.2, 0.25) is 0 Å². The highest BCUT2D eigenvalue weighted by atomic mass is 32.1. The van der Waals surface area contributed by atoms with E-state index in [0.29, 0.717) is 11.3 Å². The highest BCUT2D eigenvalue weighted by Gasteiger charge is 2.19. The van der Waals surface area contributed by atoms with E-state index in [4.69, 9.17) is 12.2 Å². The first kappa shape index (κ1) is 11.2. The van der Waals surface area contributed by atoms with Crippen molar-refractivity contribution in [3.8, 4) is 0 Å². The number of fused-ring (bicyclic) bond motifs is 3. The topological polar surface area (TPSA) is 37.8 Å². The minimum Gasteiger partial charge on any atom is -0.331 e. The number of hydrogen-bond donors (Lipinski definition) is 1. The predicted octanol–water partition coefficient (Wildman–Crippen LogP) is 3.02. The van der Waals surface area contributed by atoms with Crippen LogP contribution >= 0.6 is 23.6 Å². The molecule has 0 atom stereocenters. The Morgan fingerprint density at radius 3 is 2.94 bits per heavy atom. The van der Waals surface area contributed by atoms with E-state index < -0.39 is 0 Å². The number of aromatic amines is 1. The van der Waals surface area contributed by atoms with Gasteiger partial charge in [-0.05, 0) is 50.4 Å². The van der Waals surface area contributed by atoms with E-state index in [1.54, 1.807) is 15.9 Å². The third-order valence-corrected chi connectivity index (χ3v) is 5.01. The summed E-state index contributed by atoms with van der Waals surface area (Å²) in [6.07, 6.45) is 4.65. The molecule has 5 heteroatoms. The molecular formula is C12H14N2OS2. The van der Waals surface area contributed by atoms with Crippen molar-refractivity contribution in [3.63, 3.8) is 0 Å². The van der Waals surface area contributed by atoms with Gasteiger partial charge in [0.15, 0.2) is 4.77 Å². The molecule has 2 aromatic rings. The molecule has 3 rings (SSSR count). The van der Waals surface area contributed by atoms with Crippen LogP contribution in [0.25, 0.3) is 10.2 Å². The number of nitrogens with one attached hydrogen (secondary N) is 1. The normalized spacial score (nSPS) is 15.1. The van der Waals surface area contributed by atoms with E-state index in [1.165, 1.54) is 23.3 Å². The van der Waals surface area contributed by atoms with Crippen molar-refractivity contribution in [1.29, 1.82) is 0 Å². The molecule has 0 amide bonds. The molecule has 2 heterocycles. The fraction of sp³-hybridized carbons (Fsp3) is 0.500. The SMILES string of the molecule is CCn1c(=S)[nH]c2c3c(sc2c1=O)CCCC3. The number of hydrogen-bond acceptors (Lipinski definition) is 3. The van der Waals surface area contributed by atoms with Gasteiger partial charge in [0.1, 0.15) is 4.70 Å². The summed E-state index contributed by atoms with van der Waals surface area (Å²) in [5, 5.41) is 0. The Morgan fingerprint density at radius 1 is 1.41 bits per heavy atom. The lowest BCUT2D eigenvalue weighted by atomic mass is 9.98. The molecule has 0 bridgehead atoms. The maximum atomic E-state index is 12.3. The minimum atomic E-state index is 0.0747. The highest BCUT2D eigenvalue weighted by molar-refractivity contribution is 7.71. The van der Waals surface area contributed by atoms with E-state index in [2.05, 4.69) is 4.98 Å². The molecule has 1 N–H and O–H groups in total. The number of thiophene rings is 1. The van der Waals surface area contributed by atoms with Gasteiger partial charge < -0.3 is 4.98 Å². The fourth-order valence-electron chi connectivity index (χ4n) is 2.53. The summed E-state index contributed by atoms with van der Waals surface area (Å²) in [6, 6.07) is 0. The largest absolute Gasteiger partial charge is 0.331 e. The zero-order valence-corrected chi connectivity index (χ0v) is 11.3. The Labute approximate surface area is 108 Å². The number of nitrogens with zero attached hydrogens (tertiary/aromatic N) is 1. The Morgan fingerprint density at radius 2 is 2.18 bits per heavy atom. The molecule has 1 aliphatic carbocycles. The molecule has 0 saturated heterocycles. The smallest absolute Gasteiger partial charge is 0.272 e. The van der Waals surface area contributed by atoms with Crippen molar-refractivity contribution in [2.75, 3.05) is 0 Å². The zero-order chi connectivity index (χ0) is 12.0. The quantitative estimate of drug-likeness (QED) is 0.806. The lowest BCUT2D eigenvalue weighted by molar-refractivity contribution is 0.693. The van der Waals surface area contributed by atoms with E-state index in [1.807, 2.05) is 6.92 Å². The summed E-state index contributed by atoms with van der Waals surface area (Å²) >= 11 is 6.90. The first-order valence-corrected chi connectivity index (χ1v) is 7.22. The van der Waals surface area contributed by atoms with Gasteiger partial charge in [0.25, 0.3) is 5.56 Å². The van der Waals surface area contributed by atoms with Gasteiger partial charge in [0.05, 0.1) is 5.52 Å². The summed E-state index contributed by atoms with van der Waals surface area (Å²) in [5.74, 6) is 0. The predicted molar refractivity (Wildman–Crippen MR) is 73.6 cm³/mol. The highest BCUT2D eigenvalue weighted by Crippen LogP contribution is 2.33. The number of aryl methyl sites for hydroxylation is 2. The van der Waals surface area contributed by atoms with Gasteiger partial charge in [-0.1, -0.05) is 0 Å². The van der Waals surface area contributed by atoms with E-state index in [0.717, 1.165) is 23.1 Å². The second kappa shape index (κ2) is 4.07. The average molecular weight is 266 g/mol. The van der Waals surface area contributed by atoms with Crippen LogP contribution in [0.15, 0.2) is 4.79 Å². The van der Waals surface area contributed by atoms with Gasteiger partial charge in [-0.2, -0.15) is 0 Å². The van der Waals surface area contributed by atoms with Gasteiger partial charge in [0, 0.05) is 11.4 Å². The molecule has 17 heavy (non-hydrogen) atoms. The van der Waals surface area contributed by atoms with Crippen LogP contribution in [0.1, 0.15) is 30.2 Å². The number of aromatic nitrogens is 2. The maximum Gasteiger partial charge on any atom is 0.272 e. The third-order valence-electron chi connectivity index (χ3n) is 3.40. The molecule has 0 unspecified atom stereocenters. The maximum absolute atomic E-state index is 12.3. The Balaban J connectivity index is 2.43. The second-order valence-electron chi connectivity index (χ2n) is 4.39. The molecule has 0 aromatic carbocycles. The number of H-pyrrole nitrogens is 1. The van der Waals surface area contributed by atoms with Crippen LogP contribution in [-0.2, 0) is 19.4 Å². The number of rotatable bonds is 1. The van der Waals surface area contributed by atoms with Crippen molar-refractivity contribution in [2.45, 2.75) is 39.2 Å². The first-order valence-electron chi connectivity index (χ1n) is 5.99. The molecule has 0 saturated carbocycles. The van der Waals surface area contributed by atoms with Gasteiger partial charge in [-0.15, -0.1) is 11.3 Å². The lowest BCUT2D eigenvalue weighted by Crippen LogP contribution is -2.20. The Bertz CT molecular complexity index is 693. The van der Waals surface area contributed by atoms with Crippen LogP contribution in [0.4, 0.5) is 0 Å². The van der Waals surface area contributed by atoms with Gasteiger partial charge >= 0.3 is 0 Å². The molecular weight excluding hydrogens is 252 g/mol. The monoisotopic (exact) mass is 266 g/mol. The van der Waals surface area contributed by atoms with Crippen molar-refractivity contribution >= 4 is 33.8 Å². The molecule has 2 aromatic heterocycles.